The number of thiophene rings is 1. The lowest BCUT2D eigenvalue weighted by molar-refractivity contribution is 0.104. The van der Waals surface area contributed by atoms with E-state index in [-0.39, 0.29) is 22.5 Å². The van der Waals surface area contributed by atoms with Gasteiger partial charge in [-0.15, -0.1) is 11.3 Å². The molecule has 0 fully saturated rings. The van der Waals surface area contributed by atoms with Crippen LogP contribution in [0.5, 0.6) is 0 Å². The van der Waals surface area contributed by atoms with Crippen LogP contribution in [0.1, 0.15) is 37.6 Å². The van der Waals surface area contributed by atoms with Crippen LogP contribution in [0.15, 0.2) is 60.0 Å². The summed E-state index contributed by atoms with van der Waals surface area (Å²) >= 11 is 1.59. The number of nitriles is 1. The first-order valence-corrected chi connectivity index (χ1v) is 10.6. The number of halogens is 1. The number of carbonyl (C=O) groups excluding carboxylic acids is 1. The Kier molecular flexibility index (Phi) is 4.58. The average Bonchev–Trinajstić information content (AvgIpc) is 3.32. The highest BCUT2D eigenvalue weighted by atomic mass is 32.1. The molecule has 0 spiro atoms. The Morgan fingerprint density at radius 1 is 0.968 bits per heavy atom. The molecule has 2 aromatic heterocycles. The Morgan fingerprint density at radius 3 is 2.35 bits per heavy atom. The largest absolute Gasteiger partial charge is 0.288 e. The Bertz CT molecular complexity index is 1440. The van der Waals surface area contributed by atoms with Crippen LogP contribution in [0.2, 0.25) is 0 Å². The van der Waals surface area contributed by atoms with Crippen molar-refractivity contribution in [3.05, 3.63) is 98.6 Å². The van der Waals surface area contributed by atoms with Crippen LogP contribution in [0.25, 0.3) is 34.5 Å². The van der Waals surface area contributed by atoms with Gasteiger partial charge < -0.3 is 0 Å². The van der Waals surface area contributed by atoms with Gasteiger partial charge in [0.1, 0.15) is 11.9 Å². The van der Waals surface area contributed by atoms with Crippen molar-refractivity contribution < 1.29 is 9.18 Å². The van der Waals surface area contributed by atoms with E-state index in [2.05, 4.69) is 6.07 Å². The van der Waals surface area contributed by atoms with Crippen molar-refractivity contribution in [2.45, 2.75) is 6.92 Å². The molecule has 0 N–H and O–H groups in total. The van der Waals surface area contributed by atoms with Crippen LogP contribution in [-0.4, -0.2) is 10.8 Å². The number of aromatic nitrogens is 1. The molecule has 0 saturated heterocycles. The maximum Gasteiger partial charge on any atom is 0.196 e. The molecule has 4 aromatic rings. The summed E-state index contributed by atoms with van der Waals surface area (Å²) in [5, 5.41) is 12.0. The summed E-state index contributed by atoms with van der Waals surface area (Å²) in [6.07, 6.45) is 3.68. The van der Waals surface area contributed by atoms with Crippen LogP contribution in [0.3, 0.4) is 0 Å². The van der Waals surface area contributed by atoms with Crippen molar-refractivity contribution in [2.75, 3.05) is 0 Å². The minimum absolute atomic E-state index is 0.190. The van der Waals surface area contributed by atoms with Crippen LogP contribution in [0.4, 0.5) is 4.39 Å². The highest BCUT2D eigenvalue weighted by Gasteiger charge is 2.34. The van der Waals surface area contributed by atoms with Crippen molar-refractivity contribution in [1.29, 1.82) is 5.26 Å². The second-order valence-electron chi connectivity index (χ2n) is 7.24. The zero-order valence-electron chi connectivity index (χ0n) is 16.5. The van der Waals surface area contributed by atoms with Gasteiger partial charge in [-0.25, -0.2) is 9.37 Å². The molecule has 5 heteroatoms. The molecule has 2 aromatic carbocycles. The first-order chi connectivity index (χ1) is 15.1. The highest BCUT2D eigenvalue weighted by Crippen LogP contribution is 2.43. The summed E-state index contributed by atoms with van der Waals surface area (Å²) in [7, 11) is 0. The monoisotopic (exact) mass is 422 g/mol. The fourth-order valence-corrected chi connectivity index (χ4v) is 4.74. The van der Waals surface area contributed by atoms with E-state index >= 15 is 0 Å². The number of nitrogens with zero attached hydrogens (tertiary/aromatic N) is 2. The minimum atomic E-state index is -0.486. The Hall–Kier alpha value is -3.88. The number of ketones is 1. The van der Waals surface area contributed by atoms with Gasteiger partial charge in [-0.3, -0.25) is 4.79 Å². The van der Waals surface area contributed by atoms with Gasteiger partial charge in [0.2, 0.25) is 0 Å². The van der Waals surface area contributed by atoms with E-state index in [1.807, 2.05) is 36.6 Å². The number of hydrogen-bond acceptors (Lipinski definition) is 4. The van der Waals surface area contributed by atoms with Crippen LogP contribution in [0, 0.1) is 24.1 Å². The summed E-state index contributed by atoms with van der Waals surface area (Å²) in [5.74, 6) is -0.724. The highest BCUT2D eigenvalue weighted by molar-refractivity contribution is 7.11. The molecule has 2 heterocycles. The fraction of sp³-hybridized carbons (Fsp3) is 0.0385. The molecule has 0 aliphatic heterocycles. The molecule has 0 saturated carbocycles. The summed E-state index contributed by atoms with van der Waals surface area (Å²) in [6, 6.07) is 17.6. The SMILES string of the molecule is Cc1ccsc1/C=C/c1nc2c(c(-c3ccccc3F)c1C#N)C(=O)c1ccccc1-2. The lowest BCUT2D eigenvalue weighted by Gasteiger charge is -2.13. The molecule has 1 aliphatic carbocycles. The summed E-state index contributed by atoms with van der Waals surface area (Å²) in [6.45, 7) is 2.01. The standard InChI is InChI=1S/C26H15FN2OS/c1-15-12-13-31-22(15)11-10-21-19(14-28)23(18-8-4-5-9-20(18)27)24-25(29-21)16-6-2-3-7-17(16)26(24)30/h2-13H,1H3/b11-10+. The lowest BCUT2D eigenvalue weighted by atomic mass is 9.91. The molecule has 31 heavy (non-hydrogen) atoms. The number of pyridine rings is 1. The van der Waals surface area contributed by atoms with Crippen LogP contribution >= 0.6 is 11.3 Å². The minimum Gasteiger partial charge on any atom is -0.288 e. The molecule has 5 rings (SSSR count). The van der Waals surface area contributed by atoms with Gasteiger partial charge in [-0.1, -0.05) is 42.5 Å². The molecular weight excluding hydrogens is 407 g/mol. The molecule has 0 unspecified atom stereocenters. The molecule has 3 nitrogen and oxygen atoms in total. The first-order valence-electron chi connectivity index (χ1n) is 9.69. The third kappa shape index (κ3) is 3.00. The van der Waals surface area contributed by atoms with Gasteiger partial charge in [-0.2, -0.15) is 5.26 Å². The summed E-state index contributed by atoms with van der Waals surface area (Å²) < 4.78 is 14.9. The van der Waals surface area contributed by atoms with Gasteiger partial charge in [0, 0.05) is 27.1 Å². The zero-order valence-corrected chi connectivity index (χ0v) is 17.3. The third-order valence-corrected chi connectivity index (χ3v) is 6.41. The quantitative estimate of drug-likeness (QED) is 0.333. The Labute approximate surface area is 182 Å². The lowest BCUT2D eigenvalue weighted by Crippen LogP contribution is -2.05. The number of carbonyl (C=O) groups is 1. The molecular formula is C26H15FN2OS. The van der Waals surface area contributed by atoms with Gasteiger partial charge >= 0.3 is 0 Å². The van der Waals surface area contributed by atoms with E-state index in [0.29, 0.717) is 28.1 Å². The predicted octanol–water partition coefficient (Wildman–Crippen LogP) is 6.51. The Balaban J connectivity index is 1.85. The van der Waals surface area contributed by atoms with Crippen LogP contribution in [-0.2, 0) is 0 Å². The van der Waals surface area contributed by atoms with E-state index in [1.165, 1.54) is 6.07 Å². The topological polar surface area (TPSA) is 53.8 Å². The number of fused-ring (bicyclic) bond motifs is 3. The van der Waals surface area contributed by atoms with Crippen molar-refractivity contribution in [2.24, 2.45) is 0 Å². The first kappa shape index (κ1) is 19.1. The van der Waals surface area contributed by atoms with E-state index in [1.54, 1.807) is 47.7 Å². The molecule has 148 valence electrons. The molecule has 0 amide bonds. The maximum atomic E-state index is 14.9. The third-order valence-electron chi connectivity index (χ3n) is 5.43. The van der Waals surface area contributed by atoms with E-state index in [0.717, 1.165) is 10.4 Å². The van der Waals surface area contributed by atoms with E-state index < -0.39 is 5.82 Å². The number of rotatable bonds is 3. The molecule has 0 atom stereocenters. The fourth-order valence-electron chi connectivity index (χ4n) is 3.92. The Morgan fingerprint density at radius 2 is 1.68 bits per heavy atom. The van der Waals surface area contributed by atoms with E-state index in [9.17, 15) is 14.4 Å². The van der Waals surface area contributed by atoms with E-state index in [4.69, 9.17) is 4.98 Å². The maximum absolute atomic E-state index is 14.9. The van der Waals surface area contributed by atoms with Crippen LogP contribution < -0.4 is 0 Å². The summed E-state index contributed by atoms with van der Waals surface area (Å²) in [4.78, 5) is 19.0. The molecule has 0 radical (unpaired) electrons. The number of hydrogen-bond donors (Lipinski definition) is 0. The second-order valence-corrected chi connectivity index (χ2v) is 8.19. The predicted molar refractivity (Wildman–Crippen MR) is 121 cm³/mol. The van der Waals surface area contributed by atoms with Gasteiger partial charge in [-0.05, 0) is 42.2 Å². The van der Waals surface area contributed by atoms with Crippen molar-refractivity contribution in [3.8, 4) is 28.5 Å². The normalized spacial score (nSPS) is 12.1. The summed E-state index contributed by atoms with van der Waals surface area (Å²) in [5.41, 5.74) is 4.24. The molecule has 0 bridgehead atoms. The van der Waals surface area contributed by atoms with Crippen molar-refractivity contribution in [1.82, 2.24) is 4.98 Å². The average molecular weight is 422 g/mol. The second kappa shape index (κ2) is 7.42. The van der Waals surface area contributed by atoms with Gasteiger partial charge in [0.25, 0.3) is 0 Å². The van der Waals surface area contributed by atoms with Gasteiger partial charge in [0.15, 0.2) is 5.78 Å². The van der Waals surface area contributed by atoms with Gasteiger partial charge in [0.05, 0.1) is 22.5 Å². The molecule has 1 aliphatic rings. The number of aryl methyl sites for hydroxylation is 1. The van der Waals surface area contributed by atoms with Crippen molar-refractivity contribution in [3.63, 3.8) is 0 Å². The van der Waals surface area contributed by atoms with Crippen molar-refractivity contribution >= 4 is 29.3 Å². The zero-order chi connectivity index (χ0) is 21.5. The number of benzene rings is 2. The smallest absolute Gasteiger partial charge is 0.196 e.